The Morgan fingerprint density at radius 3 is 2.55 bits per heavy atom. The van der Waals surface area contributed by atoms with Crippen molar-refractivity contribution >= 4 is 33.4 Å². The lowest BCUT2D eigenvalue weighted by Crippen LogP contribution is -2.24. The van der Waals surface area contributed by atoms with Crippen LogP contribution in [0, 0.1) is 13.8 Å². The van der Waals surface area contributed by atoms with Crippen LogP contribution in [-0.2, 0) is 18.4 Å². The normalized spacial score (nSPS) is 10.6. The molecule has 0 saturated heterocycles. The number of hydrogen-bond acceptors (Lipinski definition) is 4. The van der Waals surface area contributed by atoms with Crippen LogP contribution in [0.3, 0.4) is 0 Å². The Morgan fingerprint density at radius 2 is 2.00 bits per heavy atom. The largest absolute Gasteiger partial charge is 0.354 e. The number of nitrogens with zero attached hydrogens (tertiary/aromatic N) is 4. The van der Waals surface area contributed by atoms with Crippen LogP contribution >= 0.6 is 15.9 Å². The standard InChI is InChI=1S/C13H17BrN6O2/c1-7-11(14)8(2)20(17-7)6-10(21)16-9-5-19(4)18-12(9)13(22)15-3/h5H,6H2,1-4H3,(H,15,22)(H,16,21). The molecule has 0 aliphatic rings. The zero-order valence-corrected chi connectivity index (χ0v) is 14.4. The number of rotatable bonds is 4. The first-order valence-corrected chi connectivity index (χ1v) is 7.37. The van der Waals surface area contributed by atoms with E-state index in [9.17, 15) is 9.59 Å². The van der Waals surface area contributed by atoms with Gasteiger partial charge in [-0.05, 0) is 29.8 Å². The van der Waals surface area contributed by atoms with Crippen molar-refractivity contribution in [3.8, 4) is 0 Å². The van der Waals surface area contributed by atoms with Crippen LogP contribution in [0.2, 0.25) is 0 Å². The minimum Gasteiger partial charge on any atom is -0.354 e. The fourth-order valence-electron chi connectivity index (χ4n) is 2.02. The van der Waals surface area contributed by atoms with Gasteiger partial charge in [-0.2, -0.15) is 10.2 Å². The Hall–Kier alpha value is -2.16. The summed E-state index contributed by atoms with van der Waals surface area (Å²) in [4.78, 5) is 23.9. The van der Waals surface area contributed by atoms with Gasteiger partial charge in [-0.15, -0.1) is 0 Å². The fourth-order valence-corrected chi connectivity index (χ4v) is 2.30. The first-order chi connectivity index (χ1) is 10.3. The van der Waals surface area contributed by atoms with E-state index in [1.807, 2.05) is 13.8 Å². The van der Waals surface area contributed by atoms with Gasteiger partial charge in [0.15, 0.2) is 5.69 Å². The SMILES string of the molecule is CNC(=O)c1nn(C)cc1NC(=O)Cn1nc(C)c(Br)c1C. The van der Waals surface area contributed by atoms with Crippen LogP contribution in [0.1, 0.15) is 21.9 Å². The zero-order chi connectivity index (χ0) is 16.4. The van der Waals surface area contributed by atoms with Crippen molar-refractivity contribution in [3.05, 3.63) is 27.8 Å². The Labute approximate surface area is 136 Å². The minimum atomic E-state index is -0.357. The van der Waals surface area contributed by atoms with Crippen molar-refractivity contribution in [3.63, 3.8) is 0 Å². The number of amides is 2. The molecule has 2 amide bonds. The second-order valence-corrected chi connectivity index (χ2v) is 5.63. The molecule has 2 heterocycles. The highest BCUT2D eigenvalue weighted by Crippen LogP contribution is 2.20. The zero-order valence-electron chi connectivity index (χ0n) is 12.8. The van der Waals surface area contributed by atoms with Crippen LogP contribution < -0.4 is 10.6 Å². The monoisotopic (exact) mass is 368 g/mol. The number of hydrogen-bond donors (Lipinski definition) is 2. The van der Waals surface area contributed by atoms with Crippen LogP contribution in [0.5, 0.6) is 0 Å². The predicted molar refractivity (Wildman–Crippen MR) is 84.6 cm³/mol. The highest BCUT2D eigenvalue weighted by molar-refractivity contribution is 9.10. The number of nitrogens with one attached hydrogen (secondary N) is 2. The summed E-state index contributed by atoms with van der Waals surface area (Å²) in [6.07, 6.45) is 1.58. The number of aromatic nitrogens is 4. The molecule has 8 nitrogen and oxygen atoms in total. The Balaban J connectivity index is 2.16. The molecule has 0 atom stereocenters. The first-order valence-electron chi connectivity index (χ1n) is 6.58. The predicted octanol–water partition coefficient (Wildman–Crippen LogP) is 0.994. The molecular weight excluding hydrogens is 352 g/mol. The summed E-state index contributed by atoms with van der Waals surface area (Å²) in [5.41, 5.74) is 2.23. The molecule has 0 fully saturated rings. The van der Waals surface area contributed by atoms with E-state index in [0.29, 0.717) is 5.69 Å². The summed E-state index contributed by atoms with van der Waals surface area (Å²) in [6, 6.07) is 0. The molecule has 2 aromatic rings. The van der Waals surface area contributed by atoms with E-state index < -0.39 is 0 Å². The molecule has 0 bridgehead atoms. The molecule has 0 spiro atoms. The van der Waals surface area contributed by atoms with Gasteiger partial charge >= 0.3 is 0 Å². The maximum Gasteiger partial charge on any atom is 0.273 e. The van der Waals surface area contributed by atoms with Gasteiger partial charge in [0, 0.05) is 20.3 Å². The maximum atomic E-state index is 12.2. The van der Waals surface area contributed by atoms with Gasteiger partial charge in [-0.3, -0.25) is 19.0 Å². The van der Waals surface area contributed by atoms with Crippen molar-refractivity contribution in [2.45, 2.75) is 20.4 Å². The van der Waals surface area contributed by atoms with Gasteiger partial charge in [0.05, 0.1) is 21.5 Å². The number of anilines is 1. The molecule has 0 aliphatic carbocycles. The van der Waals surface area contributed by atoms with E-state index in [-0.39, 0.29) is 24.1 Å². The Bertz CT molecular complexity index is 733. The third-order valence-electron chi connectivity index (χ3n) is 3.13. The van der Waals surface area contributed by atoms with E-state index in [1.54, 1.807) is 17.9 Å². The van der Waals surface area contributed by atoms with Gasteiger partial charge in [0.25, 0.3) is 5.91 Å². The molecular formula is C13H17BrN6O2. The smallest absolute Gasteiger partial charge is 0.273 e. The lowest BCUT2D eigenvalue weighted by Gasteiger charge is -2.06. The number of carbonyl (C=O) groups is 2. The van der Waals surface area contributed by atoms with Crippen LogP contribution in [0.15, 0.2) is 10.7 Å². The van der Waals surface area contributed by atoms with Crippen molar-refractivity contribution in [2.24, 2.45) is 7.05 Å². The average Bonchev–Trinajstić information content (AvgIpc) is 2.94. The lowest BCUT2D eigenvalue weighted by atomic mass is 10.3. The molecule has 118 valence electrons. The van der Waals surface area contributed by atoms with Crippen LogP contribution in [0.4, 0.5) is 5.69 Å². The van der Waals surface area contributed by atoms with Gasteiger partial charge in [0.1, 0.15) is 6.54 Å². The molecule has 0 saturated carbocycles. The number of halogens is 1. The molecule has 0 aliphatic heterocycles. The second-order valence-electron chi connectivity index (χ2n) is 4.83. The molecule has 0 unspecified atom stereocenters. The summed E-state index contributed by atoms with van der Waals surface area (Å²) in [5.74, 6) is -0.638. The summed E-state index contributed by atoms with van der Waals surface area (Å²) < 4.78 is 3.96. The number of carbonyl (C=O) groups excluding carboxylic acids is 2. The van der Waals surface area contributed by atoms with E-state index >= 15 is 0 Å². The second kappa shape index (κ2) is 6.30. The lowest BCUT2D eigenvalue weighted by molar-refractivity contribution is -0.116. The summed E-state index contributed by atoms with van der Waals surface area (Å²) in [6.45, 7) is 3.79. The van der Waals surface area contributed by atoms with Crippen molar-refractivity contribution in [1.29, 1.82) is 0 Å². The van der Waals surface area contributed by atoms with Crippen molar-refractivity contribution < 1.29 is 9.59 Å². The van der Waals surface area contributed by atoms with Crippen LogP contribution in [-0.4, -0.2) is 38.4 Å². The molecule has 0 radical (unpaired) electrons. The van der Waals surface area contributed by atoms with E-state index in [4.69, 9.17) is 0 Å². The molecule has 9 heteroatoms. The quantitative estimate of drug-likeness (QED) is 0.841. The summed E-state index contributed by atoms with van der Waals surface area (Å²) >= 11 is 3.42. The third-order valence-corrected chi connectivity index (χ3v) is 4.28. The summed E-state index contributed by atoms with van der Waals surface area (Å²) in [7, 11) is 3.19. The Morgan fingerprint density at radius 1 is 1.32 bits per heavy atom. The first kappa shape index (κ1) is 16.2. The maximum absolute atomic E-state index is 12.2. The molecule has 2 aromatic heterocycles. The van der Waals surface area contributed by atoms with Crippen molar-refractivity contribution in [1.82, 2.24) is 24.9 Å². The Kier molecular flexibility index (Phi) is 4.65. The fraction of sp³-hybridized carbons (Fsp3) is 0.385. The van der Waals surface area contributed by atoms with Gasteiger partial charge in [-0.25, -0.2) is 0 Å². The van der Waals surface area contributed by atoms with Gasteiger partial charge in [-0.1, -0.05) is 0 Å². The van der Waals surface area contributed by atoms with E-state index in [1.165, 1.54) is 11.7 Å². The van der Waals surface area contributed by atoms with Gasteiger partial charge in [0.2, 0.25) is 5.91 Å². The molecule has 0 aromatic carbocycles. The average molecular weight is 369 g/mol. The minimum absolute atomic E-state index is 0.0559. The number of aryl methyl sites for hydroxylation is 2. The third kappa shape index (κ3) is 3.19. The van der Waals surface area contributed by atoms with Crippen molar-refractivity contribution in [2.75, 3.05) is 12.4 Å². The molecule has 22 heavy (non-hydrogen) atoms. The van der Waals surface area contributed by atoms with E-state index in [2.05, 4.69) is 36.8 Å². The van der Waals surface area contributed by atoms with E-state index in [0.717, 1.165) is 15.9 Å². The molecule has 2 rings (SSSR count). The topological polar surface area (TPSA) is 93.8 Å². The molecule has 2 N–H and O–H groups in total. The van der Waals surface area contributed by atoms with Gasteiger partial charge < -0.3 is 10.6 Å². The highest BCUT2D eigenvalue weighted by atomic mass is 79.9. The van der Waals surface area contributed by atoms with Crippen LogP contribution in [0.25, 0.3) is 0 Å². The highest BCUT2D eigenvalue weighted by Gasteiger charge is 2.18. The summed E-state index contributed by atoms with van der Waals surface area (Å²) in [5, 5.41) is 13.5.